The lowest BCUT2D eigenvalue weighted by atomic mass is 10.1. The Morgan fingerprint density at radius 1 is 1.41 bits per heavy atom. The number of methoxy groups -OCH3 is 1. The summed E-state index contributed by atoms with van der Waals surface area (Å²) in [6, 6.07) is 8.21. The van der Waals surface area contributed by atoms with Crippen molar-refractivity contribution in [2.75, 3.05) is 26.9 Å². The second-order valence-electron chi connectivity index (χ2n) is 6.99. The highest BCUT2D eigenvalue weighted by molar-refractivity contribution is 5.84. The summed E-state index contributed by atoms with van der Waals surface area (Å²) < 4.78 is 12.5. The third kappa shape index (κ3) is 3.63. The number of carbonyl (C=O) groups is 1. The molecule has 3 heterocycles. The SMILES string of the molecule is COCC(=O)N(Cc1cc2cc(C)ccc2n2nnnc12)C[C@@H]1CCCO1. The van der Waals surface area contributed by atoms with Gasteiger partial charge in [0.25, 0.3) is 0 Å². The Morgan fingerprint density at radius 2 is 2.30 bits per heavy atom. The van der Waals surface area contributed by atoms with Crippen LogP contribution in [0.4, 0.5) is 0 Å². The lowest BCUT2D eigenvalue weighted by Crippen LogP contribution is -2.39. The molecule has 0 unspecified atom stereocenters. The van der Waals surface area contributed by atoms with Crippen LogP contribution in [0.2, 0.25) is 0 Å². The van der Waals surface area contributed by atoms with Crippen molar-refractivity contribution in [3.63, 3.8) is 0 Å². The normalized spacial score (nSPS) is 17.0. The number of carbonyl (C=O) groups excluding carboxylic acids is 1. The van der Waals surface area contributed by atoms with Crippen molar-refractivity contribution < 1.29 is 14.3 Å². The molecule has 0 aliphatic carbocycles. The van der Waals surface area contributed by atoms with Gasteiger partial charge in [0, 0.05) is 37.8 Å². The number of rotatable bonds is 6. The Morgan fingerprint density at radius 3 is 3.07 bits per heavy atom. The van der Waals surface area contributed by atoms with E-state index in [-0.39, 0.29) is 18.6 Å². The van der Waals surface area contributed by atoms with Gasteiger partial charge in [-0.1, -0.05) is 11.6 Å². The van der Waals surface area contributed by atoms with Crippen LogP contribution in [0.1, 0.15) is 24.0 Å². The molecule has 1 saturated heterocycles. The zero-order valence-corrected chi connectivity index (χ0v) is 15.6. The maximum atomic E-state index is 12.6. The first kappa shape index (κ1) is 17.8. The van der Waals surface area contributed by atoms with Gasteiger partial charge < -0.3 is 14.4 Å². The molecule has 27 heavy (non-hydrogen) atoms. The zero-order valence-electron chi connectivity index (χ0n) is 15.6. The van der Waals surface area contributed by atoms with Crippen LogP contribution in [-0.4, -0.2) is 63.8 Å². The highest BCUT2D eigenvalue weighted by Crippen LogP contribution is 2.22. The fourth-order valence-electron chi connectivity index (χ4n) is 3.61. The fourth-order valence-corrected chi connectivity index (χ4v) is 3.61. The van der Waals surface area contributed by atoms with Gasteiger partial charge in [-0.25, -0.2) is 0 Å². The van der Waals surface area contributed by atoms with E-state index in [0.29, 0.717) is 18.7 Å². The lowest BCUT2D eigenvalue weighted by molar-refractivity contribution is -0.137. The molecular formula is C19H23N5O3. The van der Waals surface area contributed by atoms with Gasteiger partial charge in [0.2, 0.25) is 5.91 Å². The summed E-state index contributed by atoms with van der Waals surface area (Å²) in [5.74, 6) is -0.0667. The molecule has 1 atom stereocenters. The smallest absolute Gasteiger partial charge is 0.248 e. The van der Waals surface area contributed by atoms with Crippen molar-refractivity contribution in [3.05, 3.63) is 35.4 Å². The van der Waals surface area contributed by atoms with E-state index >= 15 is 0 Å². The van der Waals surface area contributed by atoms with Gasteiger partial charge in [0.15, 0.2) is 5.65 Å². The first-order chi connectivity index (χ1) is 13.2. The maximum absolute atomic E-state index is 12.6. The highest BCUT2D eigenvalue weighted by atomic mass is 16.5. The number of pyridine rings is 1. The Kier molecular flexibility index (Phi) is 5.00. The Labute approximate surface area is 157 Å². The molecule has 3 aromatic rings. The first-order valence-corrected chi connectivity index (χ1v) is 9.14. The summed E-state index contributed by atoms with van der Waals surface area (Å²) in [4.78, 5) is 14.4. The number of aromatic nitrogens is 4. The zero-order chi connectivity index (χ0) is 18.8. The van der Waals surface area contributed by atoms with Crippen LogP contribution in [0.5, 0.6) is 0 Å². The minimum absolute atomic E-state index is 0.0423. The molecular weight excluding hydrogens is 346 g/mol. The second kappa shape index (κ2) is 7.58. The van der Waals surface area contributed by atoms with Crippen LogP contribution in [0, 0.1) is 6.92 Å². The molecule has 0 spiro atoms. The summed E-state index contributed by atoms with van der Waals surface area (Å²) in [7, 11) is 1.53. The molecule has 0 bridgehead atoms. The number of amides is 1. The summed E-state index contributed by atoms with van der Waals surface area (Å²) in [5.41, 5.74) is 3.67. The van der Waals surface area contributed by atoms with E-state index in [1.807, 2.05) is 12.1 Å². The van der Waals surface area contributed by atoms with Crippen LogP contribution in [0.15, 0.2) is 24.3 Å². The molecule has 2 aromatic heterocycles. The van der Waals surface area contributed by atoms with Crippen molar-refractivity contribution >= 4 is 22.5 Å². The van der Waals surface area contributed by atoms with Crippen molar-refractivity contribution in [1.29, 1.82) is 0 Å². The van der Waals surface area contributed by atoms with Crippen molar-refractivity contribution in [2.45, 2.75) is 32.4 Å². The van der Waals surface area contributed by atoms with Gasteiger partial charge in [-0.05, 0) is 48.4 Å². The number of hydrogen-bond acceptors (Lipinski definition) is 6. The molecule has 0 radical (unpaired) electrons. The van der Waals surface area contributed by atoms with E-state index in [1.54, 1.807) is 9.42 Å². The van der Waals surface area contributed by atoms with E-state index in [1.165, 1.54) is 7.11 Å². The number of hydrogen-bond donors (Lipinski definition) is 0. The van der Waals surface area contributed by atoms with E-state index < -0.39 is 0 Å². The third-order valence-electron chi connectivity index (χ3n) is 4.93. The number of tetrazole rings is 1. The van der Waals surface area contributed by atoms with E-state index in [4.69, 9.17) is 9.47 Å². The largest absolute Gasteiger partial charge is 0.376 e. The number of ether oxygens (including phenoxy) is 2. The average Bonchev–Trinajstić information content (AvgIpc) is 3.33. The van der Waals surface area contributed by atoms with Crippen LogP contribution in [0.25, 0.3) is 16.6 Å². The summed E-state index contributed by atoms with van der Waals surface area (Å²) in [6.45, 7) is 3.80. The van der Waals surface area contributed by atoms with Crippen molar-refractivity contribution in [2.24, 2.45) is 0 Å². The highest BCUT2D eigenvalue weighted by Gasteiger charge is 2.24. The molecule has 0 saturated carbocycles. The average molecular weight is 369 g/mol. The van der Waals surface area contributed by atoms with E-state index in [0.717, 1.165) is 41.5 Å². The van der Waals surface area contributed by atoms with Gasteiger partial charge >= 0.3 is 0 Å². The van der Waals surface area contributed by atoms with E-state index in [2.05, 4.69) is 34.6 Å². The number of fused-ring (bicyclic) bond motifs is 3. The van der Waals surface area contributed by atoms with Gasteiger partial charge in [0.05, 0.1) is 11.6 Å². The third-order valence-corrected chi connectivity index (χ3v) is 4.93. The summed E-state index contributed by atoms with van der Waals surface area (Å²) >= 11 is 0. The van der Waals surface area contributed by atoms with Crippen LogP contribution in [0.3, 0.4) is 0 Å². The number of benzene rings is 1. The quantitative estimate of drug-likeness (QED) is 0.658. The molecule has 1 fully saturated rings. The molecule has 1 aliphatic rings. The molecule has 8 nitrogen and oxygen atoms in total. The van der Waals surface area contributed by atoms with Crippen molar-refractivity contribution in [3.8, 4) is 0 Å². The van der Waals surface area contributed by atoms with Crippen LogP contribution < -0.4 is 0 Å². The Hall–Kier alpha value is -2.58. The molecule has 4 rings (SSSR count). The predicted molar refractivity (Wildman–Crippen MR) is 99.3 cm³/mol. The Bertz CT molecular complexity index is 965. The molecule has 1 aliphatic heterocycles. The summed E-state index contributed by atoms with van der Waals surface area (Å²) in [6.07, 6.45) is 2.07. The standard InChI is InChI=1S/C19H23N5O3/c1-13-5-6-17-14(8-13)9-15(19-20-21-22-24(17)19)10-23(18(25)12-26-2)11-16-4-3-7-27-16/h5-6,8-9,16H,3-4,7,10-12H2,1-2H3/t16-/m0/s1. The van der Waals surface area contributed by atoms with E-state index in [9.17, 15) is 4.79 Å². The Balaban J connectivity index is 1.71. The maximum Gasteiger partial charge on any atom is 0.248 e. The lowest BCUT2D eigenvalue weighted by Gasteiger charge is -2.25. The topological polar surface area (TPSA) is 81.9 Å². The first-order valence-electron chi connectivity index (χ1n) is 9.14. The van der Waals surface area contributed by atoms with Gasteiger partial charge in [0.1, 0.15) is 6.61 Å². The fraction of sp³-hybridized carbons (Fsp3) is 0.474. The molecule has 1 aromatic carbocycles. The van der Waals surface area contributed by atoms with Gasteiger partial charge in [-0.15, -0.1) is 5.10 Å². The van der Waals surface area contributed by atoms with Gasteiger partial charge in [-0.2, -0.15) is 4.52 Å². The molecule has 142 valence electrons. The molecule has 1 amide bonds. The second-order valence-corrected chi connectivity index (χ2v) is 6.99. The molecule has 8 heteroatoms. The molecule has 0 N–H and O–H groups in total. The minimum Gasteiger partial charge on any atom is -0.376 e. The number of nitrogens with zero attached hydrogens (tertiary/aromatic N) is 5. The van der Waals surface area contributed by atoms with Crippen LogP contribution in [-0.2, 0) is 20.8 Å². The minimum atomic E-state index is -0.0667. The summed E-state index contributed by atoms with van der Waals surface area (Å²) in [5, 5.41) is 13.2. The van der Waals surface area contributed by atoms with Gasteiger partial charge in [-0.3, -0.25) is 4.79 Å². The monoisotopic (exact) mass is 369 g/mol. The number of aryl methyl sites for hydroxylation is 1. The predicted octanol–water partition coefficient (Wildman–Crippen LogP) is 1.74. The van der Waals surface area contributed by atoms with Crippen LogP contribution >= 0.6 is 0 Å². The van der Waals surface area contributed by atoms with Crippen molar-refractivity contribution in [1.82, 2.24) is 24.9 Å².